The van der Waals surface area contributed by atoms with Crippen molar-refractivity contribution in [1.82, 2.24) is 9.97 Å². The average molecular weight is 316 g/mol. The third-order valence-corrected chi connectivity index (χ3v) is 2.90. The Balaban J connectivity index is 2.70. The van der Waals surface area contributed by atoms with Crippen molar-refractivity contribution >= 4 is 21.7 Å². The standard InChI is InChI=1S/C13H22BrN3O/c1-3-5-7-17(8-6-14)12-10-13(16-11-15-12)18-9-4-2/h10-11H,3-9H2,1-2H3. The second kappa shape index (κ2) is 9.14. The molecule has 0 saturated heterocycles. The average Bonchev–Trinajstić information content (AvgIpc) is 2.41. The van der Waals surface area contributed by atoms with Crippen molar-refractivity contribution in [2.24, 2.45) is 0 Å². The number of rotatable bonds is 9. The molecule has 0 amide bonds. The van der Waals surface area contributed by atoms with Gasteiger partial charge in [0.05, 0.1) is 6.61 Å². The van der Waals surface area contributed by atoms with Crippen LogP contribution in [0.15, 0.2) is 12.4 Å². The largest absolute Gasteiger partial charge is 0.478 e. The molecule has 0 bridgehead atoms. The van der Waals surface area contributed by atoms with Gasteiger partial charge in [0, 0.05) is 24.5 Å². The Morgan fingerprint density at radius 1 is 1.22 bits per heavy atom. The summed E-state index contributed by atoms with van der Waals surface area (Å²) in [6, 6.07) is 1.92. The number of nitrogens with zero attached hydrogens (tertiary/aromatic N) is 3. The van der Waals surface area contributed by atoms with Crippen LogP contribution in [0.1, 0.15) is 33.1 Å². The summed E-state index contributed by atoms with van der Waals surface area (Å²) in [6.07, 6.45) is 4.92. The number of hydrogen-bond acceptors (Lipinski definition) is 4. The van der Waals surface area contributed by atoms with E-state index < -0.39 is 0 Å². The van der Waals surface area contributed by atoms with E-state index in [0.29, 0.717) is 12.5 Å². The second-order valence-corrected chi connectivity index (χ2v) is 4.89. The van der Waals surface area contributed by atoms with Crippen LogP contribution < -0.4 is 9.64 Å². The van der Waals surface area contributed by atoms with Crippen LogP contribution in [-0.4, -0.2) is 35.0 Å². The molecule has 1 aromatic rings. The van der Waals surface area contributed by atoms with Crippen molar-refractivity contribution in [3.63, 3.8) is 0 Å². The number of unbranched alkanes of at least 4 members (excludes halogenated alkanes) is 1. The Morgan fingerprint density at radius 3 is 2.72 bits per heavy atom. The fraction of sp³-hybridized carbons (Fsp3) is 0.692. The minimum Gasteiger partial charge on any atom is -0.478 e. The number of halogens is 1. The summed E-state index contributed by atoms with van der Waals surface area (Å²) in [4.78, 5) is 10.7. The number of aromatic nitrogens is 2. The molecule has 5 heteroatoms. The van der Waals surface area contributed by atoms with Crippen molar-refractivity contribution in [1.29, 1.82) is 0 Å². The molecule has 0 N–H and O–H groups in total. The van der Waals surface area contributed by atoms with Gasteiger partial charge in [0.1, 0.15) is 12.1 Å². The van der Waals surface area contributed by atoms with Gasteiger partial charge in [-0.3, -0.25) is 0 Å². The molecular weight excluding hydrogens is 294 g/mol. The Morgan fingerprint density at radius 2 is 2.06 bits per heavy atom. The van der Waals surface area contributed by atoms with Crippen molar-refractivity contribution in [2.45, 2.75) is 33.1 Å². The first kappa shape index (κ1) is 15.2. The summed E-state index contributed by atoms with van der Waals surface area (Å²) in [7, 11) is 0. The predicted molar refractivity (Wildman–Crippen MR) is 78.7 cm³/mol. The van der Waals surface area contributed by atoms with Crippen LogP contribution in [0.25, 0.3) is 0 Å². The second-order valence-electron chi connectivity index (χ2n) is 4.09. The highest BCUT2D eigenvalue weighted by atomic mass is 79.9. The van der Waals surface area contributed by atoms with Gasteiger partial charge in [-0.15, -0.1) is 0 Å². The van der Waals surface area contributed by atoms with E-state index in [4.69, 9.17) is 4.74 Å². The van der Waals surface area contributed by atoms with Crippen LogP contribution in [0, 0.1) is 0 Å². The molecule has 0 saturated carbocycles. The maximum atomic E-state index is 5.54. The molecule has 0 aliphatic heterocycles. The van der Waals surface area contributed by atoms with Gasteiger partial charge in [-0.05, 0) is 12.8 Å². The lowest BCUT2D eigenvalue weighted by molar-refractivity contribution is 0.304. The molecule has 0 unspecified atom stereocenters. The van der Waals surface area contributed by atoms with Crippen LogP contribution in [0.3, 0.4) is 0 Å². The Labute approximate surface area is 118 Å². The summed E-state index contributed by atoms with van der Waals surface area (Å²) in [5, 5.41) is 0.936. The molecule has 18 heavy (non-hydrogen) atoms. The van der Waals surface area contributed by atoms with E-state index >= 15 is 0 Å². The lowest BCUT2D eigenvalue weighted by Crippen LogP contribution is -2.27. The molecular formula is C13H22BrN3O. The Hall–Kier alpha value is -0.840. The predicted octanol–water partition coefficient (Wildman–Crippen LogP) is 3.27. The maximum Gasteiger partial charge on any atom is 0.218 e. The number of ether oxygens (including phenoxy) is 1. The summed E-state index contributed by atoms with van der Waals surface area (Å²) in [6.45, 7) is 6.95. The molecule has 0 aliphatic carbocycles. The zero-order valence-electron chi connectivity index (χ0n) is 11.2. The van der Waals surface area contributed by atoms with Gasteiger partial charge in [0.15, 0.2) is 0 Å². The smallest absolute Gasteiger partial charge is 0.218 e. The van der Waals surface area contributed by atoms with Crippen LogP contribution in [0.5, 0.6) is 5.88 Å². The van der Waals surface area contributed by atoms with Gasteiger partial charge in [0.2, 0.25) is 5.88 Å². The van der Waals surface area contributed by atoms with Crippen LogP contribution in [0.2, 0.25) is 0 Å². The molecule has 4 nitrogen and oxygen atoms in total. The molecule has 0 aromatic carbocycles. The monoisotopic (exact) mass is 315 g/mol. The van der Waals surface area contributed by atoms with Crippen molar-refractivity contribution in [3.8, 4) is 5.88 Å². The fourth-order valence-electron chi connectivity index (χ4n) is 1.58. The fourth-order valence-corrected chi connectivity index (χ4v) is 2.01. The molecule has 1 rings (SSSR count). The van der Waals surface area contributed by atoms with E-state index in [1.807, 2.05) is 6.07 Å². The first-order valence-electron chi connectivity index (χ1n) is 6.57. The highest BCUT2D eigenvalue weighted by molar-refractivity contribution is 9.09. The Kier molecular flexibility index (Phi) is 7.73. The minimum absolute atomic E-state index is 0.665. The van der Waals surface area contributed by atoms with Crippen molar-refractivity contribution < 1.29 is 4.74 Å². The van der Waals surface area contributed by atoms with Crippen LogP contribution >= 0.6 is 15.9 Å². The van der Waals surface area contributed by atoms with E-state index in [2.05, 4.69) is 44.6 Å². The molecule has 0 atom stereocenters. The zero-order chi connectivity index (χ0) is 13.2. The summed E-state index contributed by atoms with van der Waals surface area (Å²) in [5.74, 6) is 1.61. The number of alkyl halides is 1. The molecule has 0 radical (unpaired) electrons. The van der Waals surface area contributed by atoms with Crippen LogP contribution in [0.4, 0.5) is 5.82 Å². The van der Waals surface area contributed by atoms with Gasteiger partial charge in [0.25, 0.3) is 0 Å². The van der Waals surface area contributed by atoms with Gasteiger partial charge in [-0.1, -0.05) is 36.2 Å². The highest BCUT2D eigenvalue weighted by Gasteiger charge is 2.08. The van der Waals surface area contributed by atoms with E-state index in [0.717, 1.165) is 30.7 Å². The van der Waals surface area contributed by atoms with E-state index in [-0.39, 0.29) is 0 Å². The molecule has 1 aromatic heterocycles. The number of hydrogen-bond donors (Lipinski definition) is 0. The molecule has 0 fully saturated rings. The zero-order valence-corrected chi connectivity index (χ0v) is 12.8. The molecule has 0 spiro atoms. The van der Waals surface area contributed by atoms with E-state index in [9.17, 15) is 0 Å². The summed E-state index contributed by atoms with van der Waals surface area (Å²) in [5.41, 5.74) is 0. The quantitative estimate of drug-likeness (QED) is 0.656. The highest BCUT2D eigenvalue weighted by Crippen LogP contribution is 2.16. The lowest BCUT2D eigenvalue weighted by Gasteiger charge is -2.22. The Bertz CT molecular complexity index is 336. The van der Waals surface area contributed by atoms with Crippen LogP contribution in [-0.2, 0) is 0 Å². The lowest BCUT2D eigenvalue weighted by atomic mass is 10.3. The SMILES string of the molecule is CCCCN(CCBr)c1cc(OCCC)ncn1. The summed E-state index contributed by atoms with van der Waals surface area (Å²) < 4.78 is 5.54. The van der Waals surface area contributed by atoms with E-state index in [1.165, 1.54) is 12.8 Å². The summed E-state index contributed by atoms with van der Waals surface area (Å²) >= 11 is 3.48. The third kappa shape index (κ3) is 5.21. The van der Waals surface area contributed by atoms with Gasteiger partial charge in [-0.25, -0.2) is 9.97 Å². The minimum atomic E-state index is 0.665. The van der Waals surface area contributed by atoms with Crippen molar-refractivity contribution in [3.05, 3.63) is 12.4 Å². The molecule has 0 aliphatic rings. The molecule has 1 heterocycles. The van der Waals surface area contributed by atoms with E-state index in [1.54, 1.807) is 6.33 Å². The first-order valence-corrected chi connectivity index (χ1v) is 7.69. The van der Waals surface area contributed by atoms with Crippen molar-refractivity contribution in [2.75, 3.05) is 29.9 Å². The van der Waals surface area contributed by atoms with Gasteiger partial charge >= 0.3 is 0 Å². The normalized spacial score (nSPS) is 10.4. The maximum absolute atomic E-state index is 5.54. The van der Waals surface area contributed by atoms with Gasteiger partial charge in [-0.2, -0.15) is 0 Å². The first-order chi connectivity index (χ1) is 8.81. The number of anilines is 1. The van der Waals surface area contributed by atoms with Gasteiger partial charge < -0.3 is 9.64 Å². The third-order valence-electron chi connectivity index (χ3n) is 2.54. The topological polar surface area (TPSA) is 38.2 Å². The molecule has 102 valence electrons.